The lowest BCUT2D eigenvalue weighted by molar-refractivity contribution is -0.136. The van der Waals surface area contributed by atoms with E-state index in [1.54, 1.807) is 24.3 Å². The molecule has 15 heteroatoms. The smallest absolute Gasteiger partial charge is 0.481 e. The van der Waals surface area contributed by atoms with Gasteiger partial charge in [0.15, 0.2) is 11.1 Å². The third-order valence-corrected chi connectivity index (χ3v) is 13.1. The van der Waals surface area contributed by atoms with Crippen molar-refractivity contribution in [3.63, 3.8) is 0 Å². The van der Waals surface area contributed by atoms with E-state index >= 15 is 8.63 Å². The molecule has 0 saturated carbocycles. The van der Waals surface area contributed by atoms with Crippen LogP contribution >= 0.6 is 77.2 Å². The molecule has 7 heterocycles. The minimum atomic E-state index is -4.26. The van der Waals surface area contributed by atoms with Crippen LogP contribution in [0.2, 0.25) is 0 Å². The number of amides is 1. The summed E-state index contributed by atoms with van der Waals surface area (Å²) in [4.78, 5) is 23.4. The first kappa shape index (κ1) is 26.9. The largest absolute Gasteiger partial charge is 0.738 e. The number of carboxylic acid groups (broad SMARTS) is 1. The first-order valence-corrected chi connectivity index (χ1v) is 17.4. The molecule has 0 fully saturated rings. The van der Waals surface area contributed by atoms with Gasteiger partial charge in [-0.2, -0.15) is 0 Å². The first-order valence-electron chi connectivity index (χ1n) is 12.6. The van der Waals surface area contributed by atoms with Crippen LogP contribution in [0.1, 0.15) is 28.0 Å². The summed E-state index contributed by atoms with van der Waals surface area (Å²) >= 11 is 13.0. The predicted molar refractivity (Wildman–Crippen MR) is 176 cm³/mol. The third-order valence-electron chi connectivity index (χ3n) is 7.40. The SMILES string of the molecule is O=C(O)CCNC(=O)c1ccc(C2=C3C=c4sc5cc(Br)sc5c4=[N+]3[B-](F)(F)n3c2cc2sc4cc(Br)sc4c23)cc1. The average Bonchev–Trinajstić information content (AvgIpc) is 3.73. The van der Waals surface area contributed by atoms with Gasteiger partial charge >= 0.3 is 12.9 Å². The highest BCUT2D eigenvalue weighted by molar-refractivity contribution is 9.11. The molecule has 5 aromatic heterocycles. The molecule has 2 aliphatic heterocycles. The number of thiophene rings is 4. The predicted octanol–water partition coefficient (Wildman–Crippen LogP) is 6.90. The second-order valence-corrected chi connectivity index (χ2v) is 16.9. The fourth-order valence-corrected chi connectivity index (χ4v) is 12.1. The zero-order valence-electron chi connectivity index (χ0n) is 20.9. The van der Waals surface area contributed by atoms with Gasteiger partial charge in [0.2, 0.25) is 0 Å². The Morgan fingerprint density at radius 2 is 1.64 bits per heavy atom. The van der Waals surface area contributed by atoms with Crippen molar-refractivity contribution in [3.8, 4) is 0 Å². The molecule has 42 heavy (non-hydrogen) atoms. The Morgan fingerprint density at radius 1 is 0.952 bits per heavy atom. The standard InChI is InChI=1S/C27H14BBr2F2N3O3S4/c29-19-9-17-25(41-19)23-15(39-17)7-13-22(11-1-3-12(4-2-11)27(38)33-6-5-21(36)37)14-8-16-24(35(14)28(31,32)34(13)23)26-18(40-16)10-20(30)42-26/h1-4,7-10H,5-6H2,(H,33,38)(H,36,37). The number of allylic oxidation sites excluding steroid dienone is 1. The van der Waals surface area contributed by atoms with E-state index in [1.165, 1.54) is 54.3 Å². The molecule has 0 unspecified atom stereocenters. The van der Waals surface area contributed by atoms with Crippen LogP contribution < -0.4 is 19.7 Å². The van der Waals surface area contributed by atoms with Gasteiger partial charge in [-0.05, 0) is 67.8 Å². The second-order valence-electron chi connectivity index (χ2n) is 9.86. The van der Waals surface area contributed by atoms with Crippen molar-refractivity contribution in [2.24, 2.45) is 0 Å². The van der Waals surface area contributed by atoms with Crippen LogP contribution in [-0.2, 0) is 4.79 Å². The maximum atomic E-state index is 17.1. The number of aliphatic carboxylic acids is 1. The van der Waals surface area contributed by atoms with Crippen LogP contribution in [-0.4, -0.2) is 35.0 Å². The van der Waals surface area contributed by atoms with Gasteiger partial charge in [-0.15, -0.1) is 45.3 Å². The van der Waals surface area contributed by atoms with E-state index in [4.69, 9.17) is 5.11 Å². The van der Waals surface area contributed by atoms with Gasteiger partial charge < -0.3 is 28.0 Å². The van der Waals surface area contributed by atoms with Gasteiger partial charge in [-0.1, -0.05) is 12.1 Å². The molecule has 0 radical (unpaired) electrons. The topological polar surface area (TPSA) is 74.3 Å². The molecule has 1 amide bonds. The minimum Gasteiger partial charge on any atom is -0.481 e. The number of hydrogen-bond donors (Lipinski definition) is 2. The molecule has 0 saturated heterocycles. The van der Waals surface area contributed by atoms with Gasteiger partial charge in [0.25, 0.3) is 5.91 Å². The van der Waals surface area contributed by atoms with Crippen LogP contribution in [0.4, 0.5) is 8.63 Å². The summed E-state index contributed by atoms with van der Waals surface area (Å²) in [5.74, 6) is -1.39. The average molecular weight is 765 g/mol. The molecule has 1 aromatic carbocycles. The van der Waals surface area contributed by atoms with Crippen LogP contribution in [0.15, 0.2) is 55.7 Å². The van der Waals surface area contributed by atoms with Crippen molar-refractivity contribution < 1.29 is 23.3 Å². The van der Waals surface area contributed by atoms with Gasteiger partial charge in [-0.3, -0.25) is 9.59 Å². The number of nitrogens with one attached hydrogen (secondary N) is 1. The Labute approximate surface area is 267 Å². The number of halogens is 4. The van der Waals surface area contributed by atoms with E-state index in [0.717, 1.165) is 35.6 Å². The zero-order valence-corrected chi connectivity index (χ0v) is 27.4. The summed E-state index contributed by atoms with van der Waals surface area (Å²) in [6, 6.07) is 12.6. The molecule has 6 aromatic rings. The number of carbonyl (C=O) groups is 2. The fourth-order valence-electron chi connectivity index (χ4n) is 5.76. The van der Waals surface area contributed by atoms with Crippen LogP contribution in [0.5, 0.6) is 0 Å². The Bertz CT molecular complexity index is 2350. The van der Waals surface area contributed by atoms with E-state index in [9.17, 15) is 9.59 Å². The van der Waals surface area contributed by atoms with Crippen molar-refractivity contribution in [1.29, 1.82) is 0 Å². The van der Waals surface area contributed by atoms with Crippen LogP contribution in [0.25, 0.3) is 40.7 Å². The highest BCUT2D eigenvalue weighted by Gasteiger charge is 2.54. The highest BCUT2D eigenvalue weighted by Crippen LogP contribution is 2.48. The summed E-state index contributed by atoms with van der Waals surface area (Å²) in [5.41, 5.74) is 3.13. The molecular weight excluding hydrogens is 751 g/mol. The van der Waals surface area contributed by atoms with Crippen LogP contribution in [0.3, 0.4) is 0 Å². The zero-order chi connectivity index (χ0) is 29.1. The van der Waals surface area contributed by atoms with Gasteiger partial charge in [0.1, 0.15) is 9.23 Å². The normalized spacial score (nSPS) is 15.4. The molecule has 210 valence electrons. The Kier molecular flexibility index (Phi) is 6.03. The molecule has 2 aliphatic rings. The highest BCUT2D eigenvalue weighted by atomic mass is 79.9. The molecule has 2 N–H and O–H groups in total. The van der Waals surface area contributed by atoms with E-state index in [2.05, 4.69) is 37.2 Å². The van der Waals surface area contributed by atoms with Crippen LogP contribution in [0, 0.1) is 0 Å². The fraction of sp³-hybridized carbons (Fsp3) is 0.0741. The molecule has 6 nitrogen and oxygen atoms in total. The molecule has 0 spiro atoms. The van der Waals surface area contributed by atoms with E-state index < -0.39 is 18.8 Å². The minimum absolute atomic E-state index is 0.0135. The lowest BCUT2D eigenvalue weighted by Gasteiger charge is -2.31. The summed E-state index contributed by atoms with van der Waals surface area (Å²) in [6.45, 7) is -4.25. The monoisotopic (exact) mass is 763 g/mol. The Morgan fingerprint density at radius 3 is 2.36 bits per heavy atom. The summed E-state index contributed by atoms with van der Waals surface area (Å²) in [5, 5.41) is 12.0. The van der Waals surface area contributed by atoms with E-state index in [0.29, 0.717) is 39.0 Å². The number of nitrogens with zero attached hydrogens (tertiary/aromatic N) is 2. The third kappa shape index (κ3) is 3.83. The van der Waals surface area contributed by atoms with Gasteiger partial charge in [-0.25, -0.2) is 0 Å². The molecule has 0 atom stereocenters. The Hall–Kier alpha value is -2.69. The van der Waals surface area contributed by atoms with E-state index in [1.807, 2.05) is 24.3 Å². The number of benzene rings is 1. The number of rotatable bonds is 5. The van der Waals surface area contributed by atoms with Crippen molar-refractivity contribution in [2.45, 2.75) is 6.42 Å². The summed E-state index contributed by atoms with van der Waals surface area (Å²) in [7, 11) is 0. The number of aromatic nitrogens is 1. The van der Waals surface area contributed by atoms with E-state index in [-0.39, 0.29) is 13.0 Å². The first-order chi connectivity index (χ1) is 20.1. The molecule has 0 aliphatic carbocycles. The number of carboxylic acids is 1. The maximum absolute atomic E-state index is 17.1. The number of carbonyl (C=O) groups excluding carboxylic acids is 1. The second kappa shape index (κ2) is 9.41. The van der Waals surface area contributed by atoms with Crippen molar-refractivity contribution >= 4 is 137 Å². The molecular formula is C27H14BBr2F2N3O3S4. The van der Waals surface area contributed by atoms with Gasteiger partial charge in [0, 0.05) is 34.1 Å². The Balaban J connectivity index is 1.38. The van der Waals surface area contributed by atoms with Gasteiger partial charge in [0.05, 0.1) is 33.7 Å². The lowest BCUT2D eigenvalue weighted by Crippen LogP contribution is -2.56. The van der Waals surface area contributed by atoms with Crippen molar-refractivity contribution in [3.05, 3.63) is 82.4 Å². The summed E-state index contributed by atoms with van der Waals surface area (Å²) < 4.78 is 43.5. The molecule has 0 bridgehead atoms. The van der Waals surface area contributed by atoms with Crippen molar-refractivity contribution in [2.75, 3.05) is 6.54 Å². The number of fused-ring (bicyclic) bond motifs is 9. The summed E-state index contributed by atoms with van der Waals surface area (Å²) in [6.07, 6.45) is 1.68. The quantitative estimate of drug-likeness (QED) is 0.188. The lowest BCUT2D eigenvalue weighted by atomic mass is 9.86. The number of hydrogen-bond acceptors (Lipinski definition) is 6. The molecule has 8 rings (SSSR count). The maximum Gasteiger partial charge on any atom is 0.738 e. The van der Waals surface area contributed by atoms with Crippen molar-refractivity contribution in [1.82, 2.24) is 14.3 Å².